The second-order valence-electron chi connectivity index (χ2n) is 4.11. The fraction of sp³-hybridized carbons (Fsp3) is 0.385. The van der Waals surface area contributed by atoms with E-state index in [1.807, 2.05) is 19.1 Å². The maximum atomic E-state index is 12.1. The molecule has 0 aliphatic carbocycles. The number of hydrogen-bond donors (Lipinski definition) is 2. The van der Waals surface area contributed by atoms with Crippen molar-refractivity contribution in [3.63, 3.8) is 0 Å². The van der Waals surface area contributed by atoms with Crippen molar-refractivity contribution in [1.82, 2.24) is 10.6 Å². The van der Waals surface area contributed by atoms with Crippen molar-refractivity contribution in [3.05, 3.63) is 31.8 Å². The Morgan fingerprint density at radius 2 is 2.11 bits per heavy atom. The van der Waals surface area contributed by atoms with Crippen LogP contribution in [0.25, 0.3) is 0 Å². The summed E-state index contributed by atoms with van der Waals surface area (Å²) in [5.41, 5.74) is 0.560. The minimum atomic E-state index is -0.547. The van der Waals surface area contributed by atoms with Crippen LogP contribution >= 0.6 is 38.5 Å². The van der Waals surface area contributed by atoms with Gasteiger partial charge in [-0.3, -0.25) is 9.59 Å². The number of carbonyl (C=O) groups excluding carboxylic acids is 2. The molecule has 0 saturated heterocycles. The number of benzene rings is 1. The van der Waals surface area contributed by atoms with Crippen molar-refractivity contribution >= 4 is 50.3 Å². The molecule has 104 valence electrons. The van der Waals surface area contributed by atoms with Crippen LogP contribution in [0.1, 0.15) is 30.6 Å². The summed E-state index contributed by atoms with van der Waals surface area (Å²) in [7, 11) is 0. The fourth-order valence-corrected chi connectivity index (χ4v) is 2.35. The maximum absolute atomic E-state index is 12.1. The molecule has 0 fully saturated rings. The molecule has 2 N–H and O–H groups in total. The van der Waals surface area contributed by atoms with Crippen LogP contribution in [-0.4, -0.2) is 24.4 Å². The highest BCUT2D eigenvalue weighted by molar-refractivity contribution is 14.1. The van der Waals surface area contributed by atoms with Gasteiger partial charge in [0.1, 0.15) is 6.04 Å². The molecule has 0 spiro atoms. The first-order chi connectivity index (χ1) is 8.95. The highest BCUT2D eigenvalue weighted by Crippen LogP contribution is 2.18. The van der Waals surface area contributed by atoms with Crippen LogP contribution in [0, 0.1) is 3.57 Å². The van der Waals surface area contributed by atoms with E-state index in [1.54, 1.807) is 13.0 Å². The van der Waals surface area contributed by atoms with Gasteiger partial charge < -0.3 is 10.6 Å². The fourth-order valence-electron chi connectivity index (χ4n) is 1.41. The normalized spacial score (nSPS) is 11.8. The van der Waals surface area contributed by atoms with Gasteiger partial charge in [-0.15, -0.1) is 0 Å². The molecule has 0 aromatic heterocycles. The van der Waals surface area contributed by atoms with Gasteiger partial charge in [0, 0.05) is 14.6 Å². The summed E-state index contributed by atoms with van der Waals surface area (Å²) in [4.78, 5) is 23.8. The molecule has 0 radical (unpaired) electrons. The molecule has 0 heterocycles. The van der Waals surface area contributed by atoms with Crippen molar-refractivity contribution in [2.45, 2.75) is 26.3 Å². The third-order valence-corrected chi connectivity index (χ3v) is 3.90. The molecule has 6 heteroatoms. The Balaban J connectivity index is 2.68. The molecule has 0 aliphatic rings. The van der Waals surface area contributed by atoms with E-state index in [1.165, 1.54) is 0 Å². The molecule has 1 atom stereocenters. The Morgan fingerprint density at radius 1 is 1.42 bits per heavy atom. The summed E-state index contributed by atoms with van der Waals surface area (Å²) in [6.45, 7) is 4.27. The van der Waals surface area contributed by atoms with E-state index in [0.717, 1.165) is 14.5 Å². The third kappa shape index (κ3) is 5.10. The van der Waals surface area contributed by atoms with Gasteiger partial charge in [0.05, 0.1) is 5.56 Å². The molecule has 1 aromatic carbocycles. The largest absolute Gasteiger partial charge is 0.354 e. The highest BCUT2D eigenvalue weighted by atomic mass is 127. The molecule has 19 heavy (non-hydrogen) atoms. The number of carbonyl (C=O) groups is 2. The summed E-state index contributed by atoms with van der Waals surface area (Å²) in [5.74, 6) is -0.412. The SMILES string of the molecule is CCCNC(=O)C(C)NC(=O)c1cc(Br)ccc1I. The lowest BCUT2D eigenvalue weighted by Crippen LogP contribution is -2.45. The standard InChI is InChI=1S/C13H16BrIN2O2/c1-3-6-16-12(18)8(2)17-13(19)10-7-9(14)4-5-11(10)15/h4-5,7-8H,3,6H2,1-2H3,(H,16,18)(H,17,19). The van der Waals surface area contributed by atoms with Crippen molar-refractivity contribution < 1.29 is 9.59 Å². The van der Waals surface area contributed by atoms with Gasteiger partial charge in [-0.1, -0.05) is 22.9 Å². The van der Waals surface area contributed by atoms with E-state index in [2.05, 4.69) is 49.2 Å². The first-order valence-corrected chi connectivity index (χ1v) is 7.86. The van der Waals surface area contributed by atoms with Crippen molar-refractivity contribution in [2.24, 2.45) is 0 Å². The summed E-state index contributed by atoms with van der Waals surface area (Å²) >= 11 is 5.43. The molecule has 0 bridgehead atoms. The van der Waals surface area contributed by atoms with Crippen LogP contribution in [0.2, 0.25) is 0 Å². The summed E-state index contributed by atoms with van der Waals surface area (Å²) < 4.78 is 1.68. The van der Waals surface area contributed by atoms with Crippen LogP contribution in [0.15, 0.2) is 22.7 Å². The van der Waals surface area contributed by atoms with Crippen LogP contribution in [0.5, 0.6) is 0 Å². The van der Waals surface area contributed by atoms with Crippen molar-refractivity contribution in [2.75, 3.05) is 6.54 Å². The zero-order valence-electron chi connectivity index (χ0n) is 10.8. The van der Waals surface area contributed by atoms with Crippen LogP contribution in [0.4, 0.5) is 0 Å². The lowest BCUT2D eigenvalue weighted by atomic mass is 10.2. The van der Waals surface area contributed by atoms with Crippen LogP contribution < -0.4 is 10.6 Å². The number of rotatable bonds is 5. The first-order valence-electron chi connectivity index (χ1n) is 5.99. The van der Waals surface area contributed by atoms with E-state index in [-0.39, 0.29) is 11.8 Å². The molecular formula is C13H16BrIN2O2. The molecule has 2 amide bonds. The number of nitrogens with one attached hydrogen (secondary N) is 2. The Bertz CT molecular complexity index is 480. The quantitative estimate of drug-likeness (QED) is 0.694. The van der Waals surface area contributed by atoms with Crippen molar-refractivity contribution in [3.8, 4) is 0 Å². The molecular weight excluding hydrogens is 423 g/mol. The Labute approximate surface area is 135 Å². The van der Waals surface area contributed by atoms with Gasteiger partial charge in [-0.2, -0.15) is 0 Å². The second-order valence-corrected chi connectivity index (χ2v) is 6.19. The molecule has 1 aromatic rings. The predicted octanol–water partition coefficient (Wildman–Crippen LogP) is 2.70. The third-order valence-electron chi connectivity index (χ3n) is 2.46. The molecule has 4 nitrogen and oxygen atoms in total. The van der Waals surface area contributed by atoms with Crippen molar-refractivity contribution in [1.29, 1.82) is 0 Å². The monoisotopic (exact) mass is 438 g/mol. The van der Waals surface area contributed by atoms with Gasteiger partial charge in [-0.05, 0) is 54.1 Å². The van der Waals surface area contributed by atoms with Gasteiger partial charge in [0.2, 0.25) is 5.91 Å². The smallest absolute Gasteiger partial charge is 0.253 e. The second kappa shape index (κ2) is 7.84. The first kappa shape index (κ1) is 16.4. The number of halogens is 2. The van der Waals surface area contributed by atoms with E-state index < -0.39 is 6.04 Å². The van der Waals surface area contributed by atoms with Crippen LogP contribution in [0.3, 0.4) is 0 Å². The summed E-state index contributed by atoms with van der Waals surface area (Å²) in [6, 6.07) is 4.92. The summed E-state index contributed by atoms with van der Waals surface area (Å²) in [5, 5.41) is 5.45. The number of amides is 2. The lowest BCUT2D eigenvalue weighted by molar-refractivity contribution is -0.122. The van der Waals surface area contributed by atoms with Gasteiger partial charge >= 0.3 is 0 Å². The van der Waals surface area contributed by atoms with Crippen LogP contribution in [-0.2, 0) is 4.79 Å². The van der Waals surface area contributed by atoms with Gasteiger partial charge in [0.15, 0.2) is 0 Å². The predicted molar refractivity (Wildman–Crippen MR) is 87.1 cm³/mol. The average Bonchev–Trinajstić information content (AvgIpc) is 2.38. The molecule has 0 saturated carbocycles. The van der Waals surface area contributed by atoms with Gasteiger partial charge in [-0.25, -0.2) is 0 Å². The lowest BCUT2D eigenvalue weighted by Gasteiger charge is -2.14. The Hall–Kier alpha value is -0.630. The highest BCUT2D eigenvalue weighted by Gasteiger charge is 2.17. The Kier molecular flexibility index (Phi) is 6.78. The minimum Gasteiger partial charge on any atom is -0.354 e. The van der Waals surface area contributed by atoms with E-state index >= 15 is 0 Å². The minimum absolute atomic E-state index is 0.166. The van der Waals surface area contributed by atoms with E-state index in [9.17, 15) is 9.59 Å². The summed E-state index contributed by atoms with van der Waals surface area (Å²) in [6.07, 6.45) is 0.871. The molecule has 1 unspecified atom stereocenters. The Morgan fingerprint density at radius 3 is 2.74 bits per heavy atom. The maximum Gasteiger partial charge on any atom is 0.253 e. The van der Waals surface area contributed by atoms with E-state index in [4.69, 9.17) is 0 Å². The zero-order valence-corrected chi connectivity index (χ0v) is 14.5. The molecule has 0 aliphatic heterocycles. The topological polar surface area (TPSA) is 58.2 Å². The zero-order chi connectivity index (χ0) is 14.4. The number of hydrogen-bond acceptors (Lipinski definition) is 2. The van der Waals surface area contributed by atoms with Gasteiger partial charge in [0.25, 0.3) is 5.91 Å². The average molecular weight is 439 g/mol. The molecule has 1 rings (SSSR count). The van der Waals surface area contributed by atoms with E-state index in [0.29, 0.717) is 12.1 Å².